The van der Waals surface area contributed by atoms with Crippen molar-refractivity contribution in [2.75, 3.05) is 6.61 Å². The van der Waals surface area contributed by atoms with Crippen LogP contribution in [-0.2, 0) is 19.1 Å². The van der Waals surface area contributed by atoms with Crippen molar-refractivity contribution in [2.24, 2.45) is 5.92 Å². The molecule has 0 saturated carbocycles. The molecular weight excluding hydrogens is 352 g/mol. The second-order valence-electron chi connectivity index (χ2n) is 7.85. The van der Waals surface area contributed by atoms with Crippen LogP contribution in [0, 0.1) is 5.92 Å². The van der Waals surface area contributed by atoms with Crippen molar-refractivity contribution >= 4 is 11.9 Å². The third-order valence-electron chi connectivity index (χ3n) is 5.05. The Morgan fingerprint density at radius 1 is 0.964 bits per heavy atom. The molecule has 1 rings (SSSR count). The van der Waals surface area contributed by atoms with Gasteiger partial charge in [0.25, 0.3) is 0 Å². The first-order valence-corrected chi connectivity index (χ1v) is 10.2. The van der Waals surface area contributed by atoms with Crippen LogP contribution in [0.25, 0.3) is 0 Å². The van der Waals surface area contributed by atoms with Crippen LogP contribution in [0.4, 0.5) is 0 Å². The van der Waals surface area contributed by atoms with Gasteiger partial charge in [-0.2, -0.15) is 0 Å². The predicted octanol–water partition coefficient (Wildman–Crippen LogP) is 5.85. The largest absolute Gasteiger partial charge is 0.461 e. The third-order valence-corrected chi connectivity index (χ3v) is 5.05. The normalized spacial score (nSPS) is 27.7. The van der Waals surface area contributed by atoms with Crippen LogP contribution in [0.15, 0.2) is 47.1 Å². The number of carbonyl (C=O) groups is 2. The average Bonchev–Trinajstić information content (AvgIpc) is 2.58. The molecule has 0 aromatic rings. The second-order valence-corrected chi connectivity index (χ2v) is 7.85. The highest BCUT2D eigenvalue weighted by Gasteiger charge is 2.26. The molecule has 0 heterocycles. The molecule has 28 heavy (non-hydrogen) atoms. The molecule has 156 valence electrons. The third kappa shape index (κ3) is 9.72. The van der Waals surface area contributed by atoms with E-state index in [-0.39, 0.29) is 24.5 Å². The molecule has 0 amide bonds. The van der Waals surface area contributed by atoms with E-state index in [0.29, 0.717) is 0 Å². The van der Waals surface area contributed by atoms with Crippen LogP contribution in [0.2, 0.25) is 0 Å². The highest BCUT2D eigenvalue weighted by Crippen LogP contribution is 2.28. The minimum atomic E-state index is -0.402. The maximum Gasteiger partial charge on any atom is 0.303 e. The summed E-state index contributed by atoms with van der Waals surface area (Å²) < 4.78 is 10.8. The lowest BCUT2D eigenvalue weighted by Gasteiger charge is -2.27. The van der Waals surface area contributed by atoms with E-state index in [1.807, 2.05) is 6.08 Å². The van der Waals surface area contributed by atoms with Gasteiger partial charge in [0.05, 0.1) is 0 Å². The number of allylic oxidation sites excluding steroid dienone is 5. The first kappa shape index (κ1) is 23.9. The van der Waals surface area contributed by atoms with E-state index in [4.69, 9.17) is 9.47 Å². The van der Waals surface area contributed by atoms with Crippen molar-refractivity contribution in [3.63, 3.8) is 0 Å². The molecule has 0 aliphatic heterocycles. The van der Waals surface area contributed by atoms with Gasteiger partial charge >= 0.3 is 11.9 Å². The Hall–Kier alpha value is -2.10. The van der Waals surface area contributed by atoms with Crippen LogP contribution in [0.1, 0.15) is 73.1 Å². The minimum absolute atomic E-state index is 0.0956. The molecule has 0 spiro atoms. The van der Waals surface area contributed by atoms with Crippen molar-refractivity contribution in [1.29, 1.82) is 0 Å². The van der Waals surface area contributed by atoms with Crippen molar-refractivity contribution in [3.8, 4) is 0 Å². The Morgan fingerprint density at radius 3 is 2.11 bits per heavy atom. The number of rotatable bonds is 4. The van der Waals surface area contributed by atoms with Gasteiger partial charge in [0.2, 0.25) is 0 Å². The number of carbonyl (C=O) groups excluding carboxylic acids is 2. The maximum atomic E-state index is 11.7. The molecule has 0 aromatic heterocycles. The van der Waals surface area contributed by atoms with Gasteiger partial charge in [0.15, 0.2) is 0 Å². The van der Waals surface area contributed by atoms with Crippen molar-refractivity contribution in [3.05, 3.63) is 47.1 Å². The van der Waals surface area contributed by atoms with Gasteiger partial charge in [0.1, 0.15) is 12.7 Å². The molecule has 0 unspecified atom stereocenters. The summed E-state index contributed by atoms with van der Waals surface area (Å²) >= 11 is 0. The predicted molar refractivity (Wildman–Crippen MR) is 114 cm³/mol. The summed E-state index contributed by atoms with van der Waals surface area (Å²) in [6, 6.07) is 0. The number of hydrogen-bond acceptors (Lipinski definition) is 4. The SMILES string of the molecule is C=C(COC(C)=O)[C@@H]1CC/C(C)=C/CC/C(C)=C\CC/C(C)=C/[C@H]1OC(C)=O. The zero-order valence-corrected chi connectivity index (χ0v) is 18.2. The maximum absolute atomic E-state index is 11.7. The Labute approximate surface area is 170 Å². The molecular formula is C24H36O4. The molecule has 0 saturated heterocycles. The van der Waals surface area contributed by atoms with Gasteiger partial charge in [-0.25, -0.2) is 0 Å². The number of hydrogen-bond donors (Lipinski definition) is 0. The minimum Gasteiger partial charge on any atom is -0.461 e. The van der Waals surface area contributed by atoms with Gasteiger partial charge in [0, 0.05) is 19.8 Å². The molecule has 1 aliphatic carbocycles. The van der Waals surface area contributed by atoms with Crippen molar-refractivity contribution in [1.82, 2.24) is 0 Å². The van der Waals surface area contributed by atoms with Crippen molar-refractivity contribution in [2.45, 2.75) is 79.2 Å². The summed E-state index contributed by atoms with van der Waals surface area (Å²) in [5, 5.41) is 0. The fourth-order valence-corrected chi connectivity index (χ4v) is 3.37. The zero-order chi connectivity index (χ0) is 21.1. The van der Waals surface area contributed by atoms with Gasteiger partial charge in [-0.3, -0.25) is 9.59 Å². The van der Waals surface area contributed by atoms with Crippen LogP contribution >= 0.6 is 0 Å². The fraction of sp³-hybridized carbons (Fsp3) is 0.583. The molecule has 4 heteroatoms. The Morgan fingerprint density at radius 2 is 1.54 bits per heavy atom. The average molecular weight is 389 g/mol. The second kappa shape index (κ2) is 12.4. The first-order valence-electron chi connectivity index (χ1n) is 10.2. The molecule has 0 aromatic carbocycles. The Balaban J connectivity index is 3.16. The standard InChI is InChI=1S/C24H36O4/c1-17-9-7-11-18(2)13-14-23(20(4)16-27-21(5)25)24(28-22(6)26)15-19(3)12-8-10-17/h10-11,15,23-24H,4,7-9,12-14,16H2,1-3,5-6H3/b17-10-,18-11+,19-15+/t23-,24+/m0/s1. The molecule has 2 atom stereocenters. The molecule has 1 aliphatic rings. The molecule has 0 bridgehead atoms. The van der Waals surface area contributed by atoms with E-state index in [9.17, 15) is 9.59 Å². The van der Waals surface area contributed by atoms with E-state index in [1.54, 1.807) is 0 Å². The van der Waals surface area contributed by atoms with Crippen LogP contribution in [0.5, 0.6) is 0 Å². The summed E-state index contributed by atoms with van der Waals surface area (Å²) in [4.78, 5) is 23.0. The first-order chi connectivity index (χ1) is 13.2. The van der Waals surface area contributed by atoms with E-state index >= 15 is 0 Å². The topological polar surface area (TPSA) is 52.6 Å². The highest BCUT2D eigenvalue weighted by molar-refractivity contribution is 5.66. The molecule has 4 nitrogen and oxygen atoms in total. The van der Waals surface area contributed by atoms with E-state index in [1.165, 1.54) is 30.6 Å². The lowest BCUT2D eigenvalue weighted by atomic mass is 9.86. The quantitative estimate of drug-likeness (QED) is 0.448. The summed E-state index contributed by atoms with van der Waals surface area (Å²) in [6.07, 6.45) is 11.9. The smallest absolute Gasteiger partial charge is 0.303 e. The zero-order valence-electron chi connectivity index (χ0n) is 18.2. The van der Waals surface area contributed by atoms with E-state index in [2.05, 4.69) is 39.5 Å². The Kier molecular flexibility index (Phi) is 10.6. The van der Waals surface area contributed by atoms with Gasteiger partial charge in [-0.1, -0.05) is 35.5 Å². The molecule has 0 radical (unpaired) electrons. The van der Waals surface area contributed by atoms with Crippen molar-refractivity contribution < 1.29 is 19.1 Å². The number of esters is 2. The number of ether oxygens (including phenoxy) is 2. The molecule has 0 N–H and O–H groups in total. The highest BCUT2D eigenvalue weighted by atomic mass is 16.5. The van der Waals surface area contributed by atoms with Crippen LogP contribution in [-0.4, -0.2) is 24.6 Å². The summed E-state index contributed by atoms with van der Waals surface area (Å²) in [5.74, 6) is -0.749. The van der Waals surface area contributed by atoms with Crippen LogP contribution in [0.3, 0.4) is 0 Å². The summed E-state index contributed by atoms with van der Waals surface area (Å²) in [7, 11) is 0. The van der Waals surface area contributed by atoms with Gasteiger partial charge in [-0.05, 0) is 70.9 Å². The summed E-state index contributed by atoms with van der Waals surface area (Å²) in [5.41, 5.74) is 4.70. The summed E-state index contributed by atoms with van der Waals surface area (Å²) in [6.45, 7) is 13.5. The fourth-order valence-electron chi connectivity index (χ4n) is 3.37. The van der Waals surface area contributed by atoms with Gasteiger partial charge < -0.3 is 9.47 Å². The Bertz CT molecular complexity index is 652. The lowest BCUT2D eigenvalue weighted by Crippen LogP contribution is -2.28. The van der Waals surface area contributed by atoms with E-state index in [0.717, 1.165) is 44.1 Å². The molecule has 0 fully saturated rings. The van der Waals surface area contributed by atoms with E-state index < -0.39 is 6.10 Å². The monoisotopic (exact) mass is 388 g/mol. The van der Waals surface area contributed by atoms with Gasteiger partial charge in [-0.15, -0.1) is 0 Å². The lowest BCUT2D eigenvalue weighted by molar-refractivity contribution is -0.147. The van der Waals surface area contributed by atoms with Crippen LogP contribution < -0.4 is 0 Å².